The predicted octanol–water partition coefficient (Wildman–Crippen LogP) is 1.52. The quantitative estimate of drug-likeness (QED) is 0.867. The number of nitrogens with zero attached hydrogens (tertiary/aromatic N) is 2. The standard InChI is InChI=1S/C12H17BrN4O/c1-7-2-3-8(12(15)18)6-17(7)11-9(13)4-16-5-10(11)14/h4-5,7-8H,2-3,6,14H2,1H3,(H2,15,18). The van der Waals surface area contributed by atoms with E-state index in [0.717, 1.165) is 23.0 Å². The van der Waals surface area contributed by atoms with Gasteiger partial charge in [0.1, 0.15) is 0 Å². The van der Waals surface area contributed by atoms with E-state index in [4.69, 9.17) is 11.5 Å². The minimum absolute atomic E-state index is 0.110. The van der Waals surface area contributed by atoms with Gasteiger partial charge in [-0.25, -0.2) is 0 Å². The van der Waals surface area contributed by atoms with Gasteiger partial charge in [-0.15, -0.1) is 0 Å². The van der Waals surface area contributed by atoms with E-state index in [9.17, 15) is 4.79 Å². The van der Waals surface area contributed by atoms with Crippen LogP contribution in [0.15, 0.2) is 16.9 Å². The van der Waals surface area contributed by atoms with Crippen LogP contribution >= 0.6 is 15.9 Å². The van der Waals surface area contributed by atoms with E-state index in [0.29, 0.717) is 18.3 Å². The third-order valence-electron chi connectivity index (χ3n) is 3.47. The topological polar surface area (TPSA) is 85.2 Å². The molecular formula is C12H17BrN4O. The summed E-state index contributed by atoms with van der Waals surface area (Å²) in [4.78, 5) is 17.5. The van der Waals surface area contributed by atoms with Gasteiger partial charge in [0.2, 0.25) is 5.91 Å². The van der Waals surface area contributed by atoms with E-state index in [-0.39, 0.29) is 11.8 Å². The van der Waals surface area contributed by atoms with Gasteiger partial charge in [-0.2, -0.15) is 0 Å². The summed E-state index contributed by atoms with van der Waals surface area (Å²) in [5.41, 5.74) is 12.9. The molecule has 0 radical (unpaired) electrons. The zero-order valence-corrected chi connectivity index (χ0v) is 11.9. The average Bonchev–Trinajstić information content (AvgIpc) is 2.30. The van der Waals surface area contributed by atoms with Crippen molar-refractivity contribution < 1.29 is 4.79 Å². The van der Waals surface area contributed by atoms with Gasteiger partial charge < -0.3 is 16.4 Å². The molecule has 1 aromatic heterocycles. The zero-order chi connectivity index (χ0) is 13.3. The maximum Gasteiger partial charge on any atom is 0.222 e. The number of anilines is 2. The molecule has 2 atom stereocenters. The first-order valence-corrected chi connectivity index (χ1v) is 6.75. The molecule has 1 aromatic rings. The molecule has 5 nitrogen and oxygen atoms in total. The van der Waals surface area contributed by atoms with Gasteiger partial charge in [-0.05, 0) is 35.7 Å². The second-order valence-electron chi connectivity index (χ2n) is 4.74. The van der Waals surface area contributed by atoms with Crippen molar-refractivity contribution in [2.24, 2.45) is 11.7 Å². The Balaban J connectivity index is 2.33. The number of hydrogen-bond acceptors (Lipinski definition) is 4. The largest absolute Gasteiger partial charge is 0.396 e. The smallest absolute Gasteiger partial charge is 0.222 e. The number of primary amides is 1. The minimum atomic E-state index is -0.240. The van der Waals surface area contributed by atoms with Gasteiger partial charge in [0, 0.05) is 18.8 Å². The molecule has 2 rings (SSSR count). The summed E-state index contributed by atoms with van der Waals surface area (Å²) in [5.74, 6) is -0.351. The Morgan fingerprint density at radius 3 is 2.83 bits per heavy atom. The van der Waals surface area contributed by atoms with Gasteiger partial charge in [-0.1, -0.05) is 0 Å². The van der Waals surface area contributed by atoms with Gasteiger partial charge >= 0.3 is 0 Å². The highest BCUT2D eigenvalue weighted by molar-refractivity contribution is 9.10. The van der Waals surface area contributed by atoms with Crippen molar-refractivity contribution in [1.82, 2.24) is 4.98 Å². The lowest BCUT2D eigenvalue weighted by atomic mass is 9.92. The maximum absolute atomic E-state index is 11.3. The van der Waals surface area contributed by atoms with Crippen LogP contribution in [0.4, 0.5) is 11.4 Å². The molecular weight excluding hydrogens is 296 g/mol. The van der Waals surface area contributed by atoms with Crippen LogP contribution in [0.2, 0.25) is 0 Å². The Morgan fingerprint density at radius 2 is 2.22 bits per heavy atom. The van der Waals surface area contributed by atoms with Crippen LogP contribution in [-0.2, 0) is 4.79 Å². The Kier molecular flexibility index (Phi) is 3.75. The maximum atomic E-state index is 11.3. The third kappa shape index (κ3) is 2.43. The summed E-state index contributed by atoms with van der Waals surface area (Å²) in [6.07, 6.45) is 5.12. The lowest BCUT2D eigenvalue weighted by Gasteiger charge is -2.39. The molecule has 1 fully saturated rings. The van der Waals surface area contributed by atoms with Crippen LogP contribution < -0.4 is 16.4 Å². The van der Waals surface area contributed by atoms with Crippen LogP contribution in [0.5, 0.6) is 0 Å². The second kappa shape index (κ2) is 5.14. The molecule has 18 heavy (non-hydrogen) atoms. The van der Waals surface area contributed by atoms with Crippen LogP contribution in [0.1, 0.15) is 19.8 Å². The summed E-state index contributed by atoms with van der Waals surface area (Å²) in [6, 6.07) is 0.335. The Labute approximate surface area is 115 Å². The van der Waals surface area contributed by atoms with Crippen LogP contribution in [0, 0.1) is 5.92 Å². The SMILES string of the molecule is CC1CCC(C(N)=O)CN1c1c(N)cncc1Br. The van der Waals surface area contributed by atoms with E-state index < -0.39 is 0 Å². The molecule has 2 unspecified atom stereocenters. The van der Waals surface area contributed by atoms with Crippen molar-refractivity contribution in [2.75, 3.05) is 17.2 Å². The number of nitrogens with two attached hydrogens (primary N) is 2. The molecule has 1 aliphatic heterocycles. The van der Waals surface area contributed by atoms with Crippen molar-refractivity contribution >= 4 is 33.2 Å². The minimum Gasteiger partial charge on any atom is -0.396 e. The van der Waals surface area contributed by atoms with Gasteiger partial charge in [-0.3, -0.25) is 9.78 Å². The molecule has 1 amide bonds. The summed E-state index contributed by atoms with van der Waals surface area (Å²) in [6.45, 7) is 2.74. The van der Waals surface area contributed by atoms with Crippen molar-refractivity contribution in [2.45, 2.75) is 25.8 Å². The molecule has 0 saturated carbocycles. The molecule has 6 heteroatoms. The first kappa shape index (κ1) is 13.1. The first-order chi connectivity index (χ1) is 8.50. The fourth-order valence-electron chi connectivity index (χ4n) is 2.40. The van der Waals surface area contributed by atoms with Crippen molar-refractivity contribution in [3.63, 3.8) is 0 Å². The number of carbonyl (C=O) groups excluding carboxylic acids is 1. The summed E-state index contributed by atoms with van der Waals surface area (Å²) >= 11 is 3.47. The summed E-state index contributed by atoms with van der Waals surface area (Å²) < 4.78 is 0.847. The molecule has 0 bridgehead atoms. The molecule has 1 saturated heterocycles. The van der Waals surface area contributed by atoms with E-state index in [1.54, 1.807) is 12.4 Å². The number of aromatic nitrogens is 1. The zero-order valence-electron chi connectivity index (χ0n) is 10.3. The highest BCUT2D eigenvalue weighted by atomic mass is 79.9. The lowest BCUT2D eigenvalue weighted by molar-refractivity contribution is -0.122. The number of amides is 1. The molecule has 2 heterocycles. The Bertz CT molecular complexity index is 445. The fourth-order valence-corrected chi connectivity index (χ4v) is 2.97. The van der Waals surface area contributed by atoms with Gasteiger partial charge in [0.15, 0.2) is 0 Å². The Hall–Kier alpha value is -1.30. The first-order valence-electron chi connectivity index (χ1n) is 5.95. The highest BCUT2D eigenvalue weighted by Gasteiger charge is 2.30. The molecule has 0 aliphatic carbocycles. The number of halogens is 1. The van der Waals surface area contributed by atoms with Crippen molar-refractivity contribution in [3.8, 4) is 0 Å². The normalized spacial score (nSPS) is 24.0. The lowest BCUT2D eigenvalue weighted by Crippen LogP contribution is -2.46. The Morgan fingerprint density at radius 1 is 1.50 bits per heavy atom. The predicted molar refractivity (Wildman–Crippen MR) is 75.1 cm³/mol. The molecule has 4 N–H and O–H groups in total. The van der Waals surface area contributed by atoms with Crippen molar-refractivity contribution in [3.05, 3.63) is 16.9 Å². The highest BCUT2D eigenvalue weighted by Crippen LogP contribution is 2.36. The summed E-state index contributed by atoms with van der Waals surface area (Å²) in [5, 5.41) is 0. The number of rotatable bonds is 2. The fraction of sp³-hybridized carbons (Fsp3) is 0.500. The number of nitrogen functional groups attached to an aromatic ring is 1. The molecule has 0 spiro atoms. The van der Waals surface area contributed by atoms with Crippen LogP contribution in [0.3, 0.4) is 0 Å². The number of pyridine rings is 1. The summed E-state index contributed by atoms with van der Waals surface area (Å²) in [7, 11) is 0. The molecule has 1 aliphatic rings. The van der Waals surface area contributed by atoms with Crippen LogP contribution in [-0.4, -0.2) is 23.5 Å². The van der Waals surface area contributed by atoms with Crippen LogP contribution in [0.25, 0.3) is 0 Å². The number of hydrogen-bond donors (Lipinski definition) is 2. The molecule has 0 aromatic carbocycles. The monoisotopic (exact) mass is 312 g/mol. The van der Waals surface area contributed by atoms with E-state index in [2.05, 4.69) is 32.7 Å². The second-order valence-corrected chi connectivity index (χ2v) is 5.59. The van der Waals surface area contributed by atoms with Crippen molar-refractivity contribution in [1.29, 1.82) is 0 Å². The third-order valence-corrected chi connectivity index (χ3v) is 4.05. The van der Waals surface area contributed by atoms with E-state index in [1.165, 1.54) is 0 Å². The molecule has 98 valence electrons. The average molecular weight is 313 g/mol. The van der Waals surface area contributed by atoms with Gasteiger partial charge in [0.25, 0.3) is 0 Å². The number of piperidine rings is 1. The van der Waals surface area contributed by atoms with Gasteiger partial charge in [0.05, 0.1) is 28.0 Å². The van der Waals surface area contributed by atoms with E-state index in [1.807, 2.05) is 0 Å². The number of carbonyl (C=O) groups is 1. The van der Waals surface area contributed by atoms with E-state index >= 15 is 0 Å².